The SMILES string of the molecule is CC1NC(=O)C(C(C)C)N(C2CCCN(C)C2)C1=O. The second-order valence-electron chi connectivity index (χ2n) is 6.22. The van der Waals surface area contributed by atoms with Crippen LogP contribution in [-0.2, 0) is 9.59 Å². The van der Waals surface area contributed by atoms with Crippen LogP contribution in [0.1, 0.15) is 33.6 Å². The summed E-state index contributed by atoms with van der Waals surface area (Å²) >= 11 is 0. The fourth-order valence-electron chi connectivity index (χ4n) is 3.24. The summed E-state index contributed by atoms with van der Waals surface area (Å²) < 4.78 is 0. The van der Waals surface area contributed by atoms with Gasteiger partial charge in [0.2, 0.25) is 11.8 Å². The van der Waals surface area contributed by atoms with Crippen molar-refractivity contribution in [3.63, 3.8) is 0 Å². The van der Waals surface area contributed by atoms with Crippen LogP contribution >= 0.6 is 0 Å². The summed E-state index contributed by atoms with van der Waals surface area (Å²) in [5, 5.41) is 2.80. The number of nitrogens with one attached hydrogen (secondary N) is 1. The number of piperazine rings is 1. The van der Waals surface area contributed by atoms with Crippen LogP contribution in [0.15, 0.2) is 0 Å². The molecule has 2 fully saturated rings. The number of nitrogens with zero attached hydrogens (tertiary/aromatic N) is 2. The van der Waals surface area contributed by atoms with Crippen molar-refractivity contribution in [2.45, 2.75) is 51.7 Å². The van der Waals surface area contributed by atoms with Gasteiger partial charge in [-0.1, -0.05) is 13.8 Å². The molecule has 0 aromatic heterocycles. The van der Waals surface area contributed by atoms with Gasteiger partial charge in [0.05, 0.1) is 0 Å². The van der Waals surface area contributed by atoms with Crippen LogP contribution in [-0.4, -0.2) is 59.9 Å². The molecular weight excluding hydrogens is 242 g/mol. The number of carbonyl (C=O) groups is 2. The van der Waals surface area contributed by atoms with Crippen molar-refractivity contribution in [3.8, 4) is 0 Å². The zero-order chi connectivity index (χ0) is 14.2. The summed E-state index contributed by atoms with van der Waals surface area (Å²) in [6.45, 7) is 7.73. The molecule has 0 spiro atoms. The molecule has 2 saturated heterocycles. The molecule has 5 heteroatoms. The van der Waals surface area contributed by atoms with Gasteiger partial charge >= 0.3 is 0 Å². The Bertz CT molecular complexity index is 370. The normalized spacial score (nSPS) is 33.7. The Morgan fingerprint density at radius 2 is 2.00 bits per heavy atom. The van der Waals surface area contributed by atoms with Gasteiger partial charge in [-0.25, -0.2) is 0 Å². The second kappa shape index (κ2) is 5.49. The zero-order valence-electron chi connectivity index (χ0n) is 12.3. The molecule has 0 radical (unpaired) electrons. The molecule has 0 aromatic carbocycles. The maximum atomic E-state index is 12.5. The van der Waals surface area contributed by atoms with Crippen molar-refractivity contribution >= 4 is 11.8 Å². The molecular formula is C14H25N3O2. The molecule has 1 N–H and O–H groups in total. The van der Waals surface area contributed by atoms with Crippen molar-refractivity contribution in [2.24, 2.45) is 5.92 Å². The number of hydrogen-bond acceptors (Lipinski definition) is 3. The summed E-state index contributed by atoms with van der Waals surface area (Å²) in [6.07, 6.45) is 2.09. The fraction of sp³-hybridized carbons (Fsp3) is 0.857. The number of rotatable bonds is 2. The average Bonchev–Trinajstić information content (AvgIpc) is 2.32. The minimum atomic E-state index is -0.394. The van der Waals surface area contributed by atoms with Crippen molar-refractivity contribution in [2.75, 3.05) is 20.1 Å². The summed E-state index contributed by atoms with van der Waals surface area (Å²) in [4.78, 5) is 28.8. The zero-order valence-corrected chi connectivity index (χ0v) is 12.3. The molecule has 2 aliphatic heterocycles. The van der Waals surface area contributed by atoms with Gasteiger partial charge in [-0.05, 0) is 39.3 Å². The smallest absolute Gasteiger partial charge is 0.245 e. The largest absolute Gasteiger partial charge is 0.343 e. The standard InChI is InChI=1S/C14H25N3O2/c1-9(2)12-13(18)15-10(3)14(19)17(12)11-6-5-7-16(4)8-11/h9-12H,5-8H2,1-4H3,(H,15,18). The molecule has 5 nitrogen and oxygen atoms in total. The number of carbonyl (C=O) groups excluding carboxylic acids is 2. The highest BCUT2D eigenvalue weighted by molar-refractivity contribution is 5.97. The highest BCUT2D eigenvalue weighted by atomic mass is 16.2. The van der Waals surface area contributed by atoms with Gasteiger partial charge < -0.3 is 15.1 Å². The lowest BCUT2D eigenvalue weighted by molar-refractivity contribution is -0.154. The summed E-state index contributed by atoms with van der Waals surface area (Å²) in [6, 6.07) is -0.540. The van der Waals surface area contributed by atoms with Crippen LogP contribution in [0.3, 0.4) is 0 Å². The first-order chi connectivity index (χ1) is 8.91. The predicted molar refractivity (Wildman–Crippen MR) is 73.6 cm³/mol. The predicted octanol–water partition coefficient (Wildman–Crippen LogP) is 0.452. The molecule has 108 valence electrons. The number of likely N-dealkylation sites (N-methyl/N-ethyl adjacent to an activating group) is 1. The van der Waals surface area contributed by atoms with Crippen LogP contribution in [0.4, 0.5) is 0 Å². The maximum Gasteiger partial charge on any atom is 0.245 e. The molecule has 19 heavy (non-hydrogen) atoms. The molecule has 2 aliphatic rings. The molecule has 0 aromatic rings. The van der Waals surface area contributed by atoms with E-state index in [2.05, 4.69) is 17.3 Å². The first kappa shape index (κ1) is 14.3. The lowest BCUT2D eigenvalue weighted by atomic mass is 9.93. The van der Waals surface area contributed by atoms with Crippen LogP contribution in [0.5, 0.6) is 0 Å². The van der Waals surface area contributed by atoms with Gasteiger partial charge in [0, 0.05) is 12.6 Å². The Labute approximate surface area is 115 Å². The number of amides is 2. The Hall–Kier alpha value is -1.10. The van der Waals surface area contributed by atoms with E-state index >= 15 is 0 Å². The van der Waals surface area contributed by atoms with E-state index < -0.39 is 6.04 Å². The van der Waals surface area contributed by atoms with Crippen LogP contribution in [0.2, 0.25) is 0 Å². The first-order valence-corrected chi connectivity index (χ1v) is 7.23. The van der Waals surface area contributed by atoms with E-state index in [1.807, 2.05) is 18.7 Å². The van der Waals surface area contributed by atoms with E-state index in [0.717, 1.165) is 25.9 Å². The third-order valence-electron chi connectivity index (χ3n) is 4.18. The van der Waals surface area contributed by atoms with Crippen LogP contribution < -0.4 is 5.32 Å². The molecule has 2 amide bonds. The average molecular weight is 267 g/mol. The van der Waals surface area contributed by atoms with E-state index in [0.29, 0.717) is 0 Å². The van der Waals surface area contributed by atoms with E-state index in [-0.39, 0.29) is 29.8 Å². The van der Waals surface area contributed by atoms with Gasteiger partial charge in [0.1, 0.15) is 12.1 Å². The van der Waals surface area contributed by atoms with E-state index in [9.17, 15) is 9.59 Å². The highest BCUT2D eigenvalue weighted by Crippen LogP contribution is 2.24. The van der Waals surface area contributed by atoms with Crippen molar-refractivity contribution in [1.29, 1.82) is 0 Å². The molecule has 0 aliphatic carbocycles. The lowest BCUT2D eigenvalue weighted by Gasteiger charge is -2.46. The quantitative estimate of drug-likeness (QED) is 0.790. The number of likely N-dealkylation sites (tertiary alicyclic amines) is 1. The minimum absolute atomic E-state index is 0.00433. The van der Waals surface area contributed by atoms with Crippen LogP contribution in [0, 0.1) is 5.92 Å². The molecule has 2 rings (SSSR count). The van der Waals surface area contributed by atoms with Crippen LogP contribution in [0.25, 0.3) is 0 Å². The van der Waals surface area contributed by atoms with Crippen molar-refractivity contribution in [3.05, 3.63) is 0 Å². The van der Waals surface area contributed by atoms with Gasteiger partial charge in [-0.2, -0.15) is 0 Å². The molecule has 3 atom stereocenters. The van der Waals surface area contributed by atoms with Gasteiger partial charge in [0.25, 0.3) is 0 Å². The van der Waals surface area contributed by atoms with Crippen molar-refractivity contribution in [1.82, 2.24) is 15.1 Å². The molecule has 0 saturated carbocycles. The minimum Gasteiger partial charge on any atom is -0.343 e. The van der Waals surface area contributed by atoms with Crippen molar-refractivity contribution < 1.29 is 9.59 Å². The van der Waals surface area contributed by atoms with Gasteiger partial charge in [0.15, 0.2) is 0 Å². The summed E-state index contributed by atoms with van der Waals surface area (Å²) in [7, 11) is 2.08. The first-order valence-electron chi connectivity index (χ1n) is 7.23. The molecule has 0 bridgehead atoms. The second-order valence-corrected chi connectivity index (χ2v) is 6.22. The molecule has 2 heterocycles. The third-order valence-corrected chi connectivity index (χ3v) is 4.18. The Morgan fingerprint density at radius 1 is 1.32 bits per heavy atom. The summed E-state index contributed by atoms with van der Waals surface area (Å²) in [5.41, 5.74) is 0. The Balaban J connectivity index is 2.25. The van der Waals surface area contributed by atoms with E-state index in [1.165, 1.54) is 0 Å². The number of hydrogen-bond donors (Lipinski definition) is 1. The van der Waals surface area contributed by atoms with E-state index in [1.54, 1.807) is 6.92 Å². The lowest BCUT2D eigenvalue weighted by Crippen LogP contribution is -2.68. The highest BCUT2D eigenvalue weighted by Gasteiger charge is 2.44. The van der Waals surface area contributed by atoms with E-state index in [4.69, 9.17) is 0 Å². The fourth-order valence-corrected chi connectivity index (χ4v) is 3.24. The number of piperidine rings is 1. The van der Waals surface area contributed by atoms with Gasteiger partial charge in [-0.15, -0.1) is 0 Å². The van der Waals surface area contributed by atoms with Gasteiger partial charge in [-0.3, -0.25) is 9.59 Å². The third kappa shape index (κ3) is 2.76. The maximum absolute atomic E-state index is 12.5. The Kier molecular flexibility index (Phi) is 4.13. The summed E-state index contributed by atoms with van der Waals surface area (Å²) in [5.74, 6) is 0.206. The Morgan fingerprint density at radius 3 is 2.58 bits per heavy atom. The topological polar surface area (TPSA) is 52.7 Å². The molecule has 3 unspecified atom stereocenters. The monoisotopic (exact) mass is 267 g/mol.